The van der Waals surface area contributed by atoms with Crippen molar-refractivity contribution in [2.45, 2.75) is 57.7 Å². The van der Waals surface area contributed by atoms with Crippen molar-refractivity contribution in [3.8, 4) is 0 Å². The van der Waals surface area contributed by atoms with Gasteiger partial charge in [-0.25, -0.2) is 9.97 Å². The zero-order valence-corrected chi connectivity index (χ0v) is 12.9. The van der Waals surface area contributed by atoms with Crippen LogP contribution in [0.2, 0.25) is 0 Å². The Labute approximate surface area is 121 Å². The Hall–Kier alpha value is -0.610. The number of aryl methyl sites for hydroxylation is 1. The van der Waals surface area contributed by atoms with Gasteiger partial charge in [0.2, 0.25) is 0 Å². The summed E-state index contributed by atoms with van der Waals surface area (Å²) < 4.78 is 0. The molecule has 1 unspecified atom stereocenters. The fourth-order valence-corrected chi connectivity index (χ4v) is 3.35. The van der Waals surface area contributed by atoms with E-state index in [4.69, 9.17) is 4.98 Å². The molecule has 0 bridgehead atoms. The van der Waals surface area contributed by atoms with Gasteiger partial charge >= 0.3 is 0 Å². The lowest BCUT2D eigenvalue weighted by Gasteiger charge is -2.17. The van der Waals surface area contributed by atoms with Crippen molar-refractivity contribution in [1.82, 2.24) is 15.3 Å². The Bertz CT molecular complexity index is 395. The molecule has 0 aromatic carbocycles. The third kappa shape index (κ3) is 4.18. The molecule has 4 heteroatoms. The van der Waals surface area contributed by atoms with E-state index in [-0.39, 0.29) is 0 Å². The van der Waals surface area contributed by atoms with E-state index in [9.17, 15) is 0 Å². The van der Waals surface area contributed by atoms with Crippen LogP contribution in [0.15, 0.2) is 6.20 Å². The normalized spacial score (nSPS) is 18.9. The van der Waals surface area contributed by atoms with E-state index in [1.165, 1.54) is 42.7 Å². The van der Waals surface area contributed by atoms with Crippen LogP contribution in [0, 0.1) is 0 Å². The number of hydrogen-bond donors (Lipinski definition) is 1. The summed E-state index contributed by atoms with van der Waals surface area (Å²) in [6, 6.07) is 0.458. The van der Waals surface area contributed by atoms with Crippen molar-refractivity contribution in [2.24, 2.45) is 0 Å². The lowest BCUT2D eigenvalue weighted by atomic mass is 10.1. The second kappa shape index (κ2) is 7.85. The molecule has 0 radical (unpaired) electrons. The summed E-state index contributed by atoms with van der Waals surface area (Å²) in [5.41, 5.74) is 2.62. The van der Waals surface area contributed by atoms with Crippen LogP contribution in [0.25, 0.3) is 0 Å². The molecule has 0 spiro atoms. The van der Waals surface area contributed by atoms with Gasteiger partial charge in [-0.3, -0.25) is 0 Å². The van der Waals surface area contributed by atoms with Crippen LogP contribution >= 0.6 is 11.8 Å². The van der Waals surface area contributed by atoms with Gasteiger partial charge in [0.1, 0.15) is 5.82 Å². The van der Waals surface area contributed by atoms with Crippen LogP contribution in [0.5, 0.6) is 0 Å². The van der Waals surface area contributed by atoms with E-state index in [1.54, 1.807) is 0 Å². The van der Waals surface area contributed by atoms with Crippen LogP contribution in [0.4, 0.5) is 0 Å². The van der Waals surface area contributed by atoms with Gasteiger partial charge in [-0.1, -0.05) is 20.3 Å². The van der Waals surface area contributed by atoms with Crippen LogP contribution < -0.4 is 5.32 Å². The van der Waals surface area contributed by atoms with E-state index in [0.29, 0.717) is 6.04 Å². The molecule has 1 aromatic rings. The lowest BCUT2D eigenvalue weighted by molar-refractivity contribution is 0.502. The van der Waals surface area contributed by atoms with Gasteiger partial charge in [-0.05, 0) is 38.0 Å². The summed E-state index contributed by atoms with van der Waals surface area (Å²) >= 11 is 1.93. The van der Waals surface area contributed by atoms with E-state index in [1.807, 2.05) is 11.8 Å². The summed E-state index contributed by atoms with van der Waals surface area (Å²) in [7, 11) is 0. The zero-order valence-electron chi connectivity index (χ0n) is 12.1. The minimum atomic E-state index is 0.458. The first-order valence-electron chi connectivity index (χ1n) is 7.51. The average molecular weight is 279 g/mol. The molecule has 0 amide bonds. The van der Waals surface area contributed by atoms with Gasteiger partial charge in [0.25, 0.3) is 0 Å². The molecule has 2 rings (SSSR count). The highest BCUT2D eigenvalue weighted by atomic mass is 32.2. The molecule has 1 aliphatic carbocycles. The summed E-state index contributed by atoms with van der Waals surface area (Å²) in [6.07, 6.45) is 8.17. The van der Waals surface area contributed by atoms with Crippen molar-refractivity contribution >= 4 is 11.8 Å². The molecule has 0 saturated carbocycles. The number of thioether (sulfide) groups is 1. The molecular formula is C15H25N3S. The largest absolute Gasteiger partial charge is 0.310 e. The Morgan fingerprint density at radius 1 is 1.37 bits per heavy atom. The SMILES string of the molecule is CCCSCc1ncc2c(n1)CCCCC2NCC. The maximum Gasteiger partial charge on any atom is 0.138 e. The predicted octanol–water partition coefficient (Wildman–Crippen LogP) is 3.50. The monoisotopic (exact) mass is 279 g/mol. The number of fused-ring (bicyclic) bond motifs is 1. The third-order valence-corrected chi connectivity index (χ3v) is 4.67. The standard InChI is InChI=1S/C15H25N3S/c1-3-9-19-11-15-17-10-12-13(16-4-2)7-5-6-8-14(12)18-15/h10,13,16H,3-9,11H2,1-2H3. The van der Waals surface area contributed by atoms with Crippen molar-refractivity contribution < 1.29 is 0 Å². The molecule has 0 fully saturated rings. The second-order valence-electron chi connectivity index (χ2n) is 5.10. The smallest absolute Gasteiger partial charge is 0.138 e. The van der Waals surface area contributed by atoms with Gasteiger partial charge in [0, 0.05) is 23.5 Å². The molecule has 106 valence electrons. The molecule has 1 heterocycles. The van der Waals surface area contributed by atoms with Gasteiger partial charge in [0.15, 0.2) is 0 Å². The molecule has 1 atom stereocenters. The van der Waals surface area contributed by atoms with Crippen molar-refractivity contribution in [2.75, 3.05) is 12.3 Å². The van der Waals surface area contributed by atoms with Crippen LogP contribution in [-0.4, -0.2) is 22.3 Å². The van der Waals surface area contributed by atoms with Gasteiger partial charge in [-0.15, -0.1) is 0 Å². The number of nitrogens with zero attached hydrogens (tertiary/aromatic N) is 2. The minimum Gasteiger partial charge on any atom is -0.310 e. The summed E-state index contributed by atoms with van der Waals surface area (Å²) in [5.74, 6) is 3.15. The zero-order chi connectivity index (χ0) is 13.5. The van der Waals surface area contributed by atoms with E-state index >= 15 is 0 Å². The molecule has 1 N–H and O–H groups in total. The van der Waals surface area contributed by atoms with Crippen molar-refractivity contribution in [1.29, 1.82) is 0 Å². The number of hydrogen-bond acceptors (Lipinski definition) is 4. The minimum absolute atomic E-state index is 0.458. The van der Waals surface area contributed by atoms with Gasteiger partial charge < -0.3 is 5.32 Å². The quantitative estimate of drug-likeness (QED) is 0.639. The lowest BCUT2D eigenvalue weighted by Crippen LogP contribution is -2.22. The molecule has 0 aliphatic heterocycles. The van der Waals surface area contributed by atoms with E-state index in [0.717, 1.165) is 24.5 Å². The van der Waals surface area contributed by atoms with E-state index in [2.05, 4.69) is 30.3 Å². The highest BCUT2D eigenvalue weighted by Gasteiger charge is 2.19. The first kappa shape index (κ1) is 14.8. The highest BCUT2D eigenvalue weighted by molar-refractivity contribution is 7.98. The van der Waals surface area contributed by atoms with Crippen molar-refractivity contribution in [3.63, 3.8) is 0 Å². The summed E-state index contributed by atoms with van der Waals surface area (Å²) in [4.78, 5) is 9.37. The molecule has 19 heavy (non-hydrogen) atoms. The number of aromatic nitrogens is 2. The first-order valence-corrected chi connectivity index (χ1v) is 8.66. The van der Waals surface area contributed by atoms with Crippen LogP contribution in [0.3, 0.4) is 0 Å². The highest BCUT2D eigenvalue weighted by Crippen LogP contribution is 2.27. The molecule has 1 aliphatic rings. The van der Waals surface area contributed by atoms with Crippen molar-refractivity contribution in [3.05, 3.63) is 23.3 Å². The summed E-state index contributed by atoms with van der Waals surface area (Å²) in [5, 5.41) is 3.57. The average Bonchev–Trinajstić information content (AvgIpc) is 2.62. The molecular weight excluding hydrogens is 254 g/mol. The molecule has 0 saturated heterocycles. The second-order valence-corrected chi connectivity index (χ2v) is 6.20. The first-order chi connectivity index (χ1) is 9.35. The topological polar surface area (TPSA) is 37.8 Å². The predicted molar refractivity (Wildman–Crippen MR) is 82.5 cm³/mol. The Kier molecular flexibility index (Phi) is 6.11. The fraction of sp³-hybridized carbons (Fsp3) is 0.733. The van der Waals surface area contributed by atoms with Crippen LogP contribution in [-0.2, 0) is 12.2 Å². The Morgan fingerprint density at radius 3 is 3.05 bits per heavy atom. The Balaban J connectivity index is 2.11. The maximum atomic E-state index is 4.81. The fourth-order valence-electron chi connectivity index (χ4n) is 2.59. The molecule has 3 nitrogen and oxygen atoms in total. The third-order valence-electron chi connectivity index (χ3n) is 3.51. The maximum absolute atomic E-state index is 4.81. The Morgan fingerprint density at radius 2 is 2.26 bits per heavy atom. The molecule has 1 aromatic heterocycles. The van der Waals surface area contributed by atoms with Gasteiger partial charge in [0.05, 0.1) is 5.75 Å². The number of nitrogens with one attached hydrogen (secondary N) is 1. The van der Waals surface area contributed by atoms with Gasteiger partial charge in [-0.2, -0.15) is 11.8 Å². The summed E-state index contributed by atoms with van der Waals surface area (Å²) in [6.45, 7) is 5.39. The number of rotatable bonds is 6. The van der Waals surface area contributed by atoms with Crippen LogP contribution in [0.1, 0.15) is 62.7 Å². The van der Waals surface area contributed by atoms with E-state index < -0.39 is 0 Å².